The van der Waals surface area contributed by atoms with Gasteiger partial charge in [-0.25, -0.2) is 0 Å². The molecule has 0 aromatic heterocycles. The lowest BCUT2D eigenvalue weighted by molar-refractivity contribution is 0.275. The Kier molecular flexibility index (Phi) is 5.37. The normalized spacial score (nSPS) is 10.0. The van der Waals surface area contributed by atoms with E-state index in [9.17, 15) is 0 Å². The molecule has 0 heterocycles. The van der Waals surface area contributed by atoms with Crippen LogP contribution in [0.1, 0.15) is 11.1 Å². The van der Waals surface area contributed by atoms with Crippen LogP contribution in [0, 0.1) is 22.9 Å². The highest BCUT2D eigenvalue weighted by atomic mass is 28.4. The number of hydrogen-bond acceptors (Lipinski definition) is 2. The Balaban J connectivity index is 2.30. The van der Waals surface area contributed by atoms with E-state index in [-0.39, 0.29) is 0 Å². The van der Waals surface area contributed by atoms with Gasteiger partial charge in [0, 0.05) is 25.3 Å². The van der Waals surface area contributed by atoms with Gasteiger partial charge in [-0.2, -0.15) is 0 Å². The molecule has 104 valence electrons. The quantitative estimate of drug-likeness (QED) is 0.626. The molecule has 0 aliphatic heterocycles. The van der Waals surface area contributed by atoms with Gasteiger partial charge in [-0.05, 0) is 24.3 Å². The van der Waals surface area contributed by atoms with Crippen LogP contribution in [0.5, 0.6) is 0 Å². The first-order chi connectivity index (χ1) is 10.3. The minimum absolute atomic E-state index is 0.921. The Morgan fingerprint density at radius 2 is 1.05 bits per heavy atom. The molecule has 0 spiro atoms. The number of benzene rings is 2. The van der Waals surface area contributed by atoms with Gasteiger partial charge in [0.15, 0.2) is 0 Å². The van der Waals surface area contributed by atoms with Gasteiger partial charge < -0.3 is 8.85 Å². The van der Waals surface area contributed by atoms with E-state index in [1.165, 1.54) is 0 Å². The third-order valence-corrected chi connectivity index (χ3v) is 4.92. The maximum absolute atomic E-state index is 5.50. The highest BCUT2D eigenvalue weighted by Crippen LogP contribution is 2.05. The van der Waals surface area contributed by atoms with Gasteiger partial charge in [-0.3, -0.25) is 0 Å². The van der Waals surface area contributed by atoms with Crippen molar-refractivity contribution >= 4 is 8.56 Å². The fraction of sp³-hybridized carbons (Fsp3) is 0.111. The lowest BCUT2D eigenvalue weighted by Gasteiger charge is -2.13. The van der Waals surface area contributed by atoms with E-state index < -0.39 is 8.56 Å². The zero-order chi connectivity index (χ0) is 15.0. The summed E-state index contributed by atoms with van der Waals surface area (Å²) in [6.45, 7) is 0. The Hall–Kier alpha value is -2.30. The molecule has 2 nitrogen and oxygen atoms in total. The smallest absolute Gasteiger partial charge is 0.379 e. The summed E-state index contributed by atoms with van der Waals surface area (Å²) >= 11 is 0. The fourth-order valence-electron chi connectivity index (χ4n) is 1.67. The second kappa shape index (κ2) is 7.47. The summed E-state index contributed by atoms with van der Waals surface area (Å²) in [7, 11) is 0.353. The molecule has 0 saturated heterocycles. The van der Waals surface area contributed by atoms with Gasteiger partial charge in [-0.15, -0.1) is 0 Å². The van der Waals surface area contributed by atoms with Crippen LogP contribution < -0.4 is 0 Å². The van der Waals surface area contributed by atoms with Crippen LogP contribution in [0.3, 0.4) is 0 Å². The zero-order valence-corrected chi connectivity index (χ0v) is 13.1. The van der Waals surface area contributed by atoms with E-state index in [2.05, 4.69) is 22.9 Å². The fourth-order valence-corrected chi connectivity index (χ4v) is 2.93. The summed E-state index contributed by atoms with van der Waals surface area (Å²) in [6, 6.07) is 19.5. The average molecular weight is 292 g/mol. The minimum Gasteiger partial charge on any atom is -0.379 e. The van der Waals surface area contributed by atoms with Crippen molar-refractivity contribution in [1.82, 2.24) is 0 Å². The van der Waals surface area contributed by atoms with Crippen molar-refractivity contribution < 1.29 is 8.85 Å². The maximum Gasteiger partial charge on any atom is 0.511 e. The van der Waals surface area contributed by atoms with Crippen LogP contribution in [0.25, 0.3) is 0 Å². The van der Waals surface area contributed by atoms with Crippen LogP contribution in [0.2, 0.25) is 0 Å². The van der Waals surface area contributed by atoms with Crippen molar-refractivity contribution in [2.75, 3.05) is 14.2 Å². The molecule has 0 bridgehead atoms. The second-order valence-corrected chi connectivity index (χ2v) is 6.81. The Morgan fingerprint density at radius 1 is 0.667 bits per heavy atom. The monoisotopic (exact) mass is 292 g/mol. The summed E-state index contributed by atoms with van der Waals surface area (Å²) in [5, 5.41) is 0. The lowest BCUT2D eigenvalue weighted by Crippen LogP contribution is -2.37. The van der Waals surface area contributed by atoms with Crippen LogP contribution in [0.15, 0.2) is 60.7 Å². The molecule has 0 unspecified atom stereocenters. The van der Waals surface area contributed by atoms with E-state index >= 15 is 0 Å². The van der Waals surface area contributed by atoms with E-state index in [0.717, 1.165) is 11.1 Å². The predicted octanol–water partition coefficient (Wildman–Crippen LogP) is 2.90. The Bertz CT molecular complexity index is 624. The first kappa shape index (κ1) is 15.1. The lowest BCUT2D eigenvalue weighted by atomic mass is 10.2. The minimum atomic E-state index is -2.83. The SMILES string of the molecule is CO[Si](C#Cc1ccccc1)(C#Cc1ccccc1)OC. The second-order valence-electron chi connectivity index (χ2n) is 4.26. The standard InChI is InChI=1S/C18H16O2Si/c1-19-21(20-2,15-13-17-9-5-3-6-10-17)16-14-18-11-7-4-8-12-18/h3-12H,1-2H3. The molecule has 0 saturated carbocycles. The molecule has 0 radical (unpaired) electrons. The van der Waals surface area contributed by atoms with Crippen LogP contribution in [-0.2, 0) is 8.85 Å². The van der Waals surface area contributed by atoms with Gasteiger partial charge in [0.2, 0.25) is 0 Å². The van der Waals surface area contributed by atoms with Crippen molar-refractivity contribution in [3.05, 3.63) is 71.8 Å². The first-order valence-corrected chi connectivity index (χ1v) is 8.36. The average Bonchev–Trinajstić information content (AvgIpc) is 2.58. The Labute approximate surface area is 127 Å². The zero-order valence-electron chi connectivity index (χ0n) is 12.1. The molecule has 0 fully saturated rings. The van der Waals surface area contributed by atoms with Crippen LogP contribution in [-0.4, -0.2) is 22.8 Å². The van der Waals surface area contributed by atoms with Gasteiger partial charge in [0.1, 0.15) is 0 Å². The van der Waals surface area contributed by atoms with Gasteiger partial charge in [0.25, 0.3) is 0 Å². The molecule has 0 aliphatic carbocycles. The Morgan fingerprint density at radius 3 is 1.38 bits per heavy atom. The van der Waals surface area contributed by atoms with Gasteiger partial charge in [-0.1, -0.05) is 59.3 Å². The molecular weight excluding hydrogens is 276 g/mol. The third kappa shape index (κ3) is 4.34. The summed E-state index contributed by atoms with van der Waals surface area (Å²) in [6.07, 6.45) is 0. The molecule has 21 heavy (non-hydrogen) atoms. The van der Waals surface area contributed by atoms with Gasteiger partial charge in [0.05, 0.1) is 0 Å². The van der Waals surface area contributed by atoms with E-state index in [1.54, 1.807) is 14.2 Å². The van der Waals surface area contributed by atoms with Crippen LogP contribution in [0.4, 0.5) is 0 Å². The summed E-state index contributed by atoms with van der Waals surface area (Å²) in [4.78, 5) is 0. The van der Waals surface area contributed by atoms with Crippen molar-refractivity contribution in [3.63, 3.8) is 0 Å². The molecule has 0 N–H and O–H groups in total. The summed E-state index contributed by atoms with van der Waals surface area (Å²) in [5.41, 5.74) is 8.02. The van der Waals surface area contributed by atoms with E-state index in [1.807, 2.05) is 60.7 Å². The van der Waals surface area contributed by atoms with Crippen molar-refractivity contribution in [2.45, 2.75) is 0 Å². The van der Waals surface area contributed by atoms with Crippen molar-refractivity contribution in [2.24, 2.45) is 0 Å². The first-order valence-electron chi connectivity index (χ1n) is 6.55. The highest BCUT2D eigenvalue weighted by Gasteiger charge is 2.32. The maximum atomic E-state index is 5.50. The topological polar surface area (TPSA) is 18.5 Å². The highest BCUT2D eigenvalue weighted by molar-refractivity contribution is 6.83. The molecule has 2 rings (SSSR count). The van der Waals surface area contributed by atoms with E-state index in [0.29, 0.717) is 0 Å². The molecule has 0 atom stereocenters. The molecule has 2 aromatic carbocycles. The van der Waals surface area contributed by atoms with Crippen molar-refractivity contribution in [3.8, 4) is 22.9 Å². The predicted molar refractivity (Wildman–Crippen MR) is 86.4 cm³/mol. The summed E-state index contributed by atoms with van der Waals surface area (Å²) < 4.78 is 11.0. The molecule has 0 amide bonds. The van der Waals surface area contributed by atoms with Crippen molar-refractivity contribution in [1.29, 1.82) is 0 Å². The summed E-state index contributed by atoms with van der Waals surface area (Å²) in [5.74, 6) is 6.17. The van der Waals surface area contributed by atoms with Crippen LogP contribution >= 0.6 is 0 Å². The largest absolute Gasteiger partial charge is 0.511 e. The molecule has 3 heteroatoms. The van der Waals surface area contributed by atoms with Gasteiger partial charge >= 0.3 is 8.56 Å². The molecule has 0 aliphatic rings. The van der Waals surface area contributed by atoms with E-state index in [4.69, 9.17) is 8.85 Å². The third-order valence-electron chi connectivity index (χ3n) is 2.87. The molecule has 2 aromatic rings. The number of rotatable bonds is 2. The number of hydrogen-bond donors (Lipinski definition) is 0. The molecular formula is C18H16O2Si.